The molecule has 0 aliphatic heterocycles. The Balaban J connectivity index is 0.000000256. The van der Waals surface area contributed by atoms with Crippen LogP contribution in [-0.2, 0) is 9.47 Å². The maximum absolute atomic E-state index is 13.1. The number of hydrogen-bond donors (Lipinski definition) is 5. The number of amides is 2. The summed E-state index contributed by atoms with van der Waals surface area (Å²) in [5.41, 5.74) is -3.30. The number of halogens is 3. The van der Waals surface area contributed by atoms with Gasteiger partial charge in [0.05, 0.1) is 0 Å². The van der Waals surface area contributed by atoms with Crippen LogP contribution in [0.1, 0.15) is 73.4 Å². The Morgan fingerprint density at radius 3 is 1.46 bits per heavy atom. The second-order valence-electron chi connectivity index (χ2n) is 16.5. The number of anilines is 2. The van der Waals surface area contributed by atoms with Crippen molar-refractivity contribution in [3.8, 4) is 5.95 Å². The van der Waals surface area contributed by atoms with Gasteiger partial charge in [0.25, 0.3) is 22.9 Å². The first-order chi connectivity index (χ1) is 33.3. The molecule has 0 spiro atoms. The first kappa shape index (κ1) is 55.8. The van der Waals surface area contributed by atoms with Crippen LogP contribution in [0, 0.1) is 13.8 Å². The first-order valence-corrected chi connectivity index (χ1v) is 22.2. The summed E-state index contributed by atoms with van der Waals surface area (Å²) in [6, 6.07) is 16.1. The summed E-state index contributed by atoms with van der Waals surface area (Å²) in [5, 5.41) is 10.6. The van der Waals surface area contributed by atoms with E-state index in [9.17, 15) is 38.4 Å². The Morgan fingerprint density at radius 2 is 1.00 bits per heavy atom. The van der Waals surface area contributed by atoms with E-state index in [0.717, 1.165) is 4.57 Å². The molecule has 6 aromatic rings. The number of carbonyl (C=O) groups is 4. The van der Waals surface area contributed by atoms with Gasteiger partial charge in [-0.1, -0.05) is 36.4 Å². The normalized spacial score (nSPS) is 10.9. The Kier molecular flexibility index (Phi) is 19.8. The Hall–Kier alpha value is -7.83. The number of aromatic amines is 1. The molecule has 2 aromatic carbocycles. The predicted octanol–water partition coefficient (Wildman–Crippen LogP) is 4.42. The minimum Gasteiger partial charge on any atom is -0.444 e. The fraction of sp³-hybridized carbons (Fsp3) is 0.318. The lowest BCUT2D eigenvalue weighted by Gasteiger charge is -2.19. The number of carbonyl (C=O) groups excluding carboxylic acids is 4. The van der Waals surface area contributed by atoms with Crippen LogP contribution in [-0.4, -0.2) is 110 Å². The first-order valence-electron chi connectivity index (χ1n) is 21.1. The van der Waals surface area contributed by atoms with Gasteiger partial charge >= 0.3 is 23.6 Å². The maximum atomic E-state index is 13.1. The smallest absolute Gasteiger partial charge is 0.407 e. The number of ether oxygens (including phenoxy) is 2. The van der Waals surface area contributed by atoms with E-state index in [1.807, 2.05) is 0 Å². The molecule has 0 saturated heterocycles. The lowest BCUT2D eigenvalue weighted by molar-refractivity contribution is 0.0518. The molecule has 4 heterocycles. The standard InChI is InChI=1S/C22H24ClN7O5.C12H10N2O3.C10H15Cl2N5O2/c1-13-12-29(21(34)30(15(13)31)16(32)14-8-6-5-7-9-14)19-27-17(23)26-18(28-19)24-10-11-25-20(33)35-22(2,3)4;1-8-7-13-12(17)14(10(8)15)11(16)9-5-3-2-4-6-9;1-10(2,3)19-9(18)14-5-4-13-8-16-6(11)15-7(12)17-8/h5-9,12H,10-11H2,1-4H3,(H,25,33)(H,24,26,27,28);2-7H,1H3,(H,13,17);4-5H2,1-3H3,(H,14,18)(H,13,15,16,17). The van der Waals surface area contributed by atoms with Crippen LogP contribution in [0.15, 0.2) is 92.2 Å². The van der Waals surface area contributed by atoms with E-state index >= 15 is 0 Å². The molecule has 0 unspecified atom stereocenters. The van der Waals surface area contributed by atoms with Crippen molar-refractivity contribution >= 4 is 70.7 Å². The summed E-state index contributed by atoms with van der Waals surface area (Å²) in [6.07, 6.45) is 1.44. The van der Waals surface area contributed by atoms with Crippen LogP contribution in [0.4, 0.5) is 21.5 Å². The molecule has 5 N–H and O–H groups in total. The number of nitrogens with zero attached hydrogens (tertiary/aromatic N) is 9. The number of nitrogens with one attached hydrogen (secondary N) is 5. The summed E-state index contributed by atoms with van der Waals surface area (Å²) in [4.78, 5) is 123. The van der Waals surface area contributed by atoms with Gasteiger partial charge in [0.15, 0.2) is 0 Å². The van der Waals surface area contributed by atoms with E-state index in [1.165, 1.54) is 38.4 Å². The minimum atomic E-state index is -0.964. The number of aryl methyl sites for hydroxylation is 2. The van der Waals surface area contributed by atoms with E-state index in [0.29, 0.717) is 33.4 Å². The molecule has 0 saturated carbocycles. The summed E-state index contributed by atoms with van der Waals surface area (Å²) < 4.78 is 12.3. The van der Waals surface area contributed by atoms with Gasteiger partial charge in [-0.25, -0.2) is 23.7 Å². The van der Waals surface area contributed by atoms with Crippen LogP contribution < -0.4 is 43.8 Å². The average Bonchev–Trinajstić information content (AvgIpc) is 3.28. The van der Waals surface area contributed by atoms with Gasteiger partial charge in [-0.3, -0.25) is 19.2 Å². The van der Waals surface area contributed by atoms with Crippen molar-refractivity contribution in [3.63, 3.8) is 0 Å². The van der Waals surface area contributed by atoms with Crippen molar-refractivity contribution in [1.29, 1.82) is 0 Å². The predicted molar refractivity (Wildman–Crippen MR) is 263 cm³/mol. The second-order valence-corrected chi connectivity index (χ2v) is 17.5. The van der Waals surface area contributed by atoms with Gasteiger partial charge in [-0.15, -0.1) is 0 Å². The van der Waals surface area contributed by atoms with Crippen LogP contribution >= 0.6 is 34.8 Å². The Bertz CT molecular complexity index is 3080. The number of aromatic nitrogens is 10. The molecule has 0 radical (unpaired) electrons. The molecule has 71 heavy (non-hydrogen) atoms. The van der Waals surface area contributed by atoms with E-state index in [2.05, 4.69) is 56.2 Å². The van der Waals surface area contributed by atoms with Crippen molar-refractivity contribution in [2.75, 3.05) is 36.8 Å². The molecular weight excluding hydrogens is 991 g/mol. The Labute approximate surface area is 419 Å². The van der Waals surface area contributed by atoms with Gasteiger partial charge < -0.3 is 35.7 Å². The van der Waals surface area contributed by atoms with Gasteiger partial charge in [0.2, 0.25) is 33.7 Å². The van der Waals surface area contributed by atoms with Gasteiger partial charge in [-0.05, 0) is 114 Å². The highest BCUT2D eigenvalue weighted by atomic mass is 35.5. The van der Waals surface area contributed by atoms with Gasteiger partial charge in [0.1, 0.15) is 11.2 Å². The minimum absolute atomic E-state index is 0.00241. The molecule has 6 rings (SSSR count). The highest BCUT2D eigenvalue weighted by Gasteiger charge is 2.21. The quantitative estimate of drug-likeness (QED) is 0.112. The van der Waals surface area contributed by atoms with Gasteiger partial charge in [-0.2, -0.15) is 39.0 Å². The third kappa shape index (κ3) is 17.6. The monoisotopic (exact) mass is 1040 g/mol. The zero-order chi connectivity index (χ0) is 52.6. The lowest BCUT2D eigenvalue weighted by Crippen LogP contribution is -2.44. The molecule has 27 heteroatoms. The summed E-state index contributed by atoms with van der Waals surface area (Å²) in [7, 11) is 0. The van der Waals surface area contributed by atoms with Crippen molar-refractivity contribution in [3.05, 3.63) is 153 Å². The highest BCUT2D eigenvalue weighted by molar-refractivity contribution is 6.31. The fourth-order valence-corrected chi connectivity index (χ4v) is 5.92. The van der Waals surface area contributed by atoms with Crippen molar-refractivity contribution in [1.82, 2.24) is 59.2 Å². The second kappa shape index (κ2) is 25.2. The topological polar surface area (TPSA) is 311 Å². The molecule has 376 valence electrons. The van der Waals surface area contributed by atoms with Crippen molar-refractivity contribution < 1.29 is 28.7 Å². The van der Waals surface area contributed by atoms with E-state index in [1.54, 1.807) is 90.1 Å². The van der Waals surface area contributed by atoms with Crippen LogP contribution in [0.2, 0.25) is 15.9 Å². The number of hydrogen-bond acceptors (Lipinski definition) is 18. The largest absolute Gasteiger partial charge is 0.444 e. The maximum Gasteiger partial charge on any atom is 0.407 e. The lowest BCUT2D eigenvalue weighted by atomic mass is 10.2. The molecule has 4 aromatic heterocycles. The fourth-order valence-electron chi connectivity index (χ4n) is 5.40. The third-order valence-electron chi connectivity index (χ3n) is 8.41. The number of benzene rings is 2. The molecule has 2 amide bonds. The number of H-pyrrole nitrogens is 1. The van der Waals surface area contributed by atoms with Crippen molar-refractivity contribution in [2.45, 2.75) is 66.6 Å². The molecule has 0 bridgehead atoms. The van der Waals surface area contributed by atoms with Crippen molar-refractivity contribution in [2.24, 2.45) is 0 Å². The van der Waals surface area contributed by atoms with Crippen LogP contribution in [0.25, 0.3) is 5.95 Å². The summed E-state index contributed by atoms with van der Waals surface area (Å²) in [5.74, 6) is -1.35. The number of alkyl carbamates (subject to hydrolysis) is 2. The molecule has 0 fully saturated rings. The van der Waals surface area contributed by atoms with E-state index < -0.39 is 57.7 Å². The highest BCUT2D eigenvalue weighted by Crippen LogP contribution is 2.12. The SMILES string of the molecule is CC(C)(C)OC(=O)NCCNc1nc(Cl)nc(Cl)n1.Cc1c[nH]c(=O)n(C(=O)c2ccccc2)c1=O.Cc1cn(-c2nc(Cl)nc(NCCNC(=O)OC(C)(C)C)n2)c(=O)n(C(=O)c2ccccc2)c1=O. The third-order valence-corrected chi connectivity index (χ3v) is 8.92. The van der Waals surface area contributed by atoms with Crippen LogP contribution in [0.3, 0.4) is 0 Å². The van der Waals surface area contributed by atoms with Gasteiger partial charge in [0, 0.05) is 60.8 Å². The summed E-state index contributed by atoms with van der Waals surface area (Å²) in [6.45, 7) is 14.7. The summed E-state index contributed by atoms with van der Waals surface area (Å²) >= 11 is 17.2. The number of rotatable bonds is 11. The molecule has 24 nitrogen and oxygen atoms in total. The zero-order valence-corrected chi connectivity index (χ0v) is 41.8. The van der Waals surface area contributed by atoms with Crippen LogP contribution in [0.5, 0.6) is 0 Å². The van der Waals surface area contributed by atoms with E-state index in [-0.39, 0.29) is 57.9 Å². The zero-order valence-electron chi connectivity index (χ0n) is 39.5. The Morgan fingerprint density at radius 1 is 0.577 bits per heavy atom. The van der Waals surface area contributed by atoms with E-state index in [4.69, 9.17) is 44.3 Å². The molecule has 0 aliphatic carbocycles. The molecular formula is C44H49Cl3N14O10. The molecule has 0 atom stereocenters. The average molecular weight is 1040 g/mol. The molecule has 0 aliphatic rings.